The monoisotopic (exact) mass is 229 g/mol. The number of rotatable bonds is 9. The zero-order valence-corrected chi connectivity index (χ0v) is 11.0. The van der Waals surface area contributed by atoms with Gasteiger partial charge >= 0.3 is 0 Å². The Morgan fingerprint density at radius 1 is 1.38 bits per heavy atom. The number of hydrogen-bond donors (Lipinski definition) is 2. The Labute approximate surface area is 99.6 Å². The van der Waals surface area contributed by atoms with Crippen molar-refractivity contribution in [2.24, 2.45) is 11.7 Å². The molecular formula is C12H27N3O. The fourth-order valence-electron chi connectivity index (χ4n) is 1.64. The van der Waals surface area contributed by atoms with Crippen LogP contribution in [0.1, 0.15) is 33.6 Å². The maximum Gasteiger partial charge on any atom is 0.222 e. The van der Waals surface area contributed by atoms with Gasteiger partial charge in [-0.25, -0.2) is 0 Å². The normalized spacial score (nSPS) is 12.8. The van der Waals surface area contributed by atoms with Crippen molar-refractivity contribution in [3.63, 3.8) is 0 Å². The van der Waals surface area contributed by atoms with Gasteiger partial charge in [-0.15, -0.1) is 0 Å². The molecule has 0 rings (SSSR count). The van der Waals surface area contributed by atoms with E-state index in [-0.39, 0.29) is 11.8 Å². The molecule has 1 atom stereocenters. The van der Waals surface area contributed by atoms with Crippen molar-refractivity contribution in [1.82, 2.24) is 10.2 Å². The van der Waals surface area contributed by atoms with Crippen LogP contribution in [0.3, 0.4) is 0 Å². The molecule has 1 amide bonds. The molecule has 0 heterocycles. The van der Waals surface area contributed by atoms with E-state index in [0.717, 1.165) is 39.0 Å². The number of nitrogens with two attached hydrogens (primary N) is 1. The standard InChI is InChI=1S/C12H27N3O/c1-4-9-15(5-2)10-8-14-12(16)11(3)6-7-13/h11H,4-10,13H2,1-3H3,(H,14,16). The Morgan fingerprint density at radius 3 is 2.56 bits per heavy atom. The van der Waals surface area contributed by atoms with E-state index in [1.807, 2.05) is 6.92 Å². The lowest BCUT2D eigenvalue weighted by Crippen LogP contribution is -2.37. The van der Waals surface area contributed by atoms with Crippen LogP contribution in [0, 0.1) is 5.92 Å². The van der Waals surface area contributed by atoms with Gasteiger partial charge in [0.15, 0.2) is 0 Å². The Morgan fingerprint density at radius 2 is 2.06 bits per heavy atom. The number of likely N-dealkylation sites (N-methyl/N-ethyl adjacent to an activating group) is 1. The van der Waals surface area contributed by atoms with Gasteiger partial charge < -0.3 is 16.0 Å². The molecular weight excluding hydrogens is 202 g/mol. The van der Waals surface area contributed by atoms with E-state index in [1.54, 1.807) is 0 Å². The Balaban J connectivity index is 3.66. The SMILES string of the molecule is CCCN(CC)CCNC(=O)C(C)CCN. The lowest BCUT2D eigenvalue weighted by atomic mass is 10.1. The molecule has 0 saturated heterocycles. The summed E-state index contributed by atoms with van der Waals surface area (Å²) >= 11 is 0. The largest absolute Gasteiger partial charge is 0.355 e. The molecule has 3 N–H and O–H groups in total. The van der Waals surface area contributed by atoms with Gasteiger partial charge in [0.05, 0.1) is 0 Å². The van der Waals surface area contributed by atoms with Gasteiger partial charge in [0.2, 0.25) is 5.91 Å². The highest BCUT2D eigenvalue weighted by atomic mass is 16.1. The summed E-state index contributed by atoms with van der Waals surface area (Å²) in [5.74, 6) is 0.157. The van der Waals surface area contributed by atoms with Crippen LogP contribution in [0.2, 0.25) is 0 Å². The predicted octanol–water partition coefficient (Wildman–Crippen LogP) is 0.819. The molecule has 4 nitrogen and oxygen atoms in total. The van der Waals surface area contributed by atoms with E-state index in [9.17, 15) is 4.79 Å². The first kappa shape index (κ1) is 15.4. The van der Waals surface area contributed by atoms with Crippen LogP contribution in [0.15, 0.2) is 0 Å². The second-order valence-electron chi connectivity index (χ2n) is 4.20. The first-order chi connectivity index (χ1) is 7.65. The average molecular weight is 229 g/mol. The van der Waals surface area contributed by atoms with Gasteiger partial charge in [-0.2, -0.15) is 0 Å². The highest BCUT2D eigenvalue weighted by Gasteiger charge is 2.11. The van der Waals surface area contributed by atoms with Crippen LogP contribution in [0.4, 0.5) is 0 Å². The van der Waals surface area contributed by atoms with E-state index in [1.165, 1.54) is 0 Å². The summed E-state index contributed by atoms with van der Waals surface area (Å²) in [6.45, 7) is 10.6. The topological polar surface area (TPSA) is 58.4 Å². The van der Waals surface area contributed by atoms with Crippen molar-refractivity contribution in [3.05, 3.63) is 0 Å². The summed E-state index contributed by atoms with van der Waals surface area (Å²) in [5, 5.41) is 2.95. The number of carbonyl (C=O) groups is 1. The second-order valence-corrected chi connectivity index (χ2v) is 4.20. The van der Waals surface area contributed by atoms with Crippen LogP contribution >= 0.6 is 0 Å². The Bertz CT molecular complexity index is 185. The molecule has 0 aromatic carbocycles. The first-order valence-electron chi connectivity index (χ1n) is 6.35. The second kappa shape index (κ2) is 9.60. The highest BCUT2D eigenvalue weighted by molar-refractivity contribution is 5.78. The van der Waals surface area contributed by atoms with Crippen LogP contribution in [0.5, 0.6) is 0 Å². The molecule has 0 spiro atoms. The molecule has 0 aliphatic carbocycles. The van der Waals surface area contributed by atoms with Crippen LogP contribution < -0.4 is 11.1 Å². The molecule has 0 aliphatic rings. The fourth-order valence-corrected chi connectivity index (χ4v) is 1.64. The van der Waals surface area contributed by atoms with Gasteiger partial charge in [-0.05, 0) is 32.5 Å². The molecule has 0 fully saturated rings. The average Bonchev–Trinajstić information content (AvgIpc) is 2.28. The summed E-state index contributed by atoms with van der Waals surface area (Å²) in [7, 11) is 0. The summed E-state index contributed by atoms with van der Waals surface area (Å²) in [6, 6.07) is 0. The molecule has 0 aliphatic heterocycles. The first-order valence-corrected chi connectivity index (χ1v) is 6.35. The lowest BCUT2D eigenvalue weighted by molar-refractivity contribution is -0.124. The zero-order chi connectivity index (χ0) is 12.4. The van der Waals surface area contributed by atoms with Crippen molar-refractivity contribution >= 4 is 5.91 Å². The number of nitrogens with one attached hydrogen (secondary N) is 1. The predicted molar refractivity (Wildman–Crippen MR) is 68.3 cm³/mol. The number of amides is 1. The molecule has 4 heteroatoms. The summed E-state index contributed by atoms with van der Waals surface area (Å²) in [5.41, 5.74) is 5.42. The number of nitrogens with zero attached hydrogens (tertiary/aromatic N) is 1. The van der Waals surface area contributed by atoms with Crippen LogP contribution in [-0.4, -0.2) is 43.5 Å². The third-order valence-corrected chi connectivity index (χ3v) is 2.76. The number of carbonyl (C=O) groups excluding carboxylic acids is 1. The van der Waals surface area contributed by atoms with Gasteiger partial charge in [0.1, 0.15) is 0 Å². The third-order valence-electron chi connectivity index (χ3n) is 2.76. The van der Waals surface area contributed by atoms with Crippen molar-refractivity contribution < 1.29 is 4.79 Å². The molecule has 1 unspecified atom stereocenters. The number of hydrogen-bond acceptors (Lipinski definition) is 3. The molecule has 0 aromatic heterocycles. The minimum absolute atomic E-state index is 0.0336. The molecule has 16 heavy (non-hydrogen) atoms. The maximum atomic E-state index is 11.6. The Kier molecular flexibility index (Phi) is 9.24. The molecule has 96 valence electrons. The lowest BCUT2D eigenvalue weighted by Gasteiger charge is -2.20. The van der Waals surface area contributed by atoms with E-state index in [4.69, 9.17) is 5.73 Å². The minimum Gasteiger partial charge on any atom is -0.355 e. The molecule has 0 aromatic rings. The van der Waals surface area contributed by atoms with Crippen molar-refractivity contribution in [3.8, 4) is 0 Å². The van der Waals surface area contributed by atoms with Gasteiger partial charge in [-0.1, -0.05) is 20.8 Å². The van der Waals surface area contributed by atoms with Gasteiger partial charge in [-0.3, -0.25) is 4.79 Å². The van der Waals surface area contributed by atoms with Crippen molar-refractivity contribution in [2.45, 2.75) is 33.6 Å². The summed E-state index contributed by atoms with van der Waals surface area (Å²) < 4.78 is 0. The van der Waals surface area contributed by atoms with Crippen LogP contribution in [0.25, 0.3) is 0 Å². The van der Waals surface area contributed by atoms with Crippen molar-refractivity contribution in [2.75, 3.05) is 32.7 Å². The van der Waals surface area contributed by atoms with E-state index < -0.39 is 0 Å². The van der Waals surface area contributed by atoms with Gasteiger partial charge in [0, 0.05) is 19.0 Å². The minimum atomic E-state index is 0.0336. The van der Waals surface area contributed by atoms with E-state index >= 15 is 0 Å². The summed E-state index contributed by atoms with van der Waals surface area (Å²) in [4.78, 5) is 13.9. The van der Waals surface area contributed by atoms with E-state index in [0.29, 0.717) is 6.54 Å². The highest BCUT2D eigenvalue weighted by Crippen LogP contribution is 1.99. The third kappa shape index (κ3) is 6.80. The van der Waals surface area contributed by atoms with Crippen LogP contribution in [-0.2, 0) is 4.79 Å². The quantitative estimate of drug-likeness (QED) is 0.615. The van der Waals surface area contributed by atoms with Crippen molar-refractivity contribution in [1.29, 1.82) is 0 Å². The zero-order valence-electron chi connectivity index (χ0n) is 11.0. The smallest absolute Gasteiger partial charge is 0.222 e. The molecule has 0 saturated carbocycles. The fraction of sp³-hybridized carbons (Fsp3) is 0.917. The molecule has 0 bridgehead atoms. The van der Waals surface area contributed by atoms with E-state index in [2.05, 4.69) is 24.1 Å². The maximum absolute atomic E-state index is 11.6. The Hall–Kier alpha value is -0.610. The van der Waals surface area contributed by atoms with Gasteiger partial charge in [0.25, 0.3) is 0 Å². The molecule has 0 radical (unpaired) electrons. The summed E-state index contributed by atoms with van der Waals surface area (Å²) in [6.07, 6.45) is 1.92.